The van der Waals surface area contributed by atoms with Crippen molar-refractivity contribution < 1.29 is 9.59 Å². The molecule has 0 saturated heterocycles. The van der Waals surface area contributed by atoms with Gasteiger partial charge in [0.05, 0.1) is 11.4 Å². The normalized spacial score (nSPS) is 10.6. The number of aryl methyl sites for hydroxylation is 2. The zero-order valence-electron chi connectivity index (χ0n) is 18.8. The van der Waals surface area contributed by atoms with Crippen molar-refractivity contribution >= 4 is 17.6 Å². The fraction of sp³-hybridized carbons (Fsp3) is 0.154. The molecule has 0 atom stereocenters. The molecule has 0 saturated carbocycles. The molecule has 2 N–H and O–H groups in total. The molecule has 166 valence electrons. The van der Waals surface area contributed by atoms with Crippen LogP contribution in [-0.4, -0.2) is 26.6 Å². The number of hydrogen-bond acceptors (Lipinski definition) is 4. The van der Waals surface area contributed by atoms with Crippen LogP contribution in [0.1, 0.15) is 34.1 Å². The summed E-state index contributed by atoms with van der Waals surface area (Å²) in [5, 5.41) is 10.5. The smallest absolute Gasteiger partial charge is 0.251 e. The molecule has 2 aromatic heterocycles. The average molecular weight is 440 g/mol. The molecular formula is C26H25N5O2. The molecule has 2 heterocycles. The molecule has 0 radical (unpaired) electrons. The van der Waals surface area contributed by atoms with Gasteiger partial charge in [0.25, 0.3) is 5.91 Å². The van der Waals surface area contributed by atoms with Crippen LogP contribution in [0.25, 0.3) is 16.8 Å². The van der Waals surface area contributed by atoms with Gasteiger partial charge in [-0.15, -0.1) is 0 Å². The SMILES string of the molecule is CC(=O)Nc1c(-c2ccc(C)cc2)c(C)nn1-c1ccc(C(=O)NCc2cccnc2)cc1. The molecular weight excluding hydrogens is 414 g/mol. The maximum atomic E-state index is 12.5. The Morgan fingerprint density at radius 1 is 0.970 bits per heavy atom. The van der Waals surface area contributed by atoms with Crippen molar-refractivity contribution in [2.45, 2.75) is 27.3 Å². The molecule has 7 nitrogen and oxygen atoms in total. The summed E-state index contributed by atoms with van der Waals surface area (Å²) in [4.78, 5) is 28.6. The highest BCUT2D eigenvalue weighted by atomic mass is 16.2. The largest absolute Gasteiger partial charge is 0.348 e. The Bertz CT molecular complexity index is 1280. The molecule has 0 aliphatic rings. The first-order valence-electron chi connectivity index (χ1n) is 10.6. The first-order valence-corrected chi connectivity index (χ1v) is 10.6. The summed E-state index contributed by atoms with van der Waals surface area (Å²) in [5.74, 6) is 0.234. The third kappa shape index (κ3) is 4.98. The van der Waals surface area contributed by atoms with E-state index in [1.807, 2.05) is 62.4 Å². The lowest BCUT2D eigenvalue weighted by Gasteiger charge is -2.11. The highest BCUT2D eigenvalue weighted by Gasteiger charge is 2.19. The van der Waals surface area contributed by atoms with Crippen LogP contribution in [0.2, 0.25) is 0 Å². The number of amides is 2. The van der Waals surface area contributed by atoms with Crippen molar-refractivity contribution in [3.05, 3.63) is 95.4 Å². The third-order valence-electron chi connectivity index (χ3n) is 5.25. The fourth-order valence-corrected chi connectivity index (χ4v) is 3.60. The second-order valence-electron chi connectivity index (χ2n) is 7.86. The van der Waals surface area contributed by atoms with E-state index in [0.717, 1.165) is 33.6 Å². The molecule has 33 heavy (non-hydrogen) atoms. The predicted molar refractivity (Wildman–Crippen MR) is 128 cm³/mol. The molecule has 0 bridgehead atoms. The lowest BCUT2D eigenvalue weighted by Crippen LogP contribution is -2.22. The number of carbonyl (C=O) groups excluding carboxylic acids is 2. The van der Waals surface area contributed by atoms with Crippen molar-refractivity contribution in [3.63, 3.8) is 0 Å². The highest BCUT2D eigenvalue weighted by molar-refractivity contribution is 5.95. The quantitative estimate of drug-likeness (QED) is 0.465. The summed E-state index contributed by atoms with van der Waals surface area (Å²) in [6.45, 7) is 5.82. The van der Waals surface area contributed by atoms with Crippen molar-refractivity contribution in [2.24, 2.45) is 0 Å². The summed E-state index contributed by atoms with van der Waals surface area (Å²) in [6, 6.07) is 19.0. The van der Waals surface area contributed by atoms with E-state index in [4.69, 9.17) is 0 Å². The van der Waals surface area contributed by atoms with Crippen LogP contribution in [0.5, 0.6) is 0 Å². The molecule has 0 fully saturated rings. The number of nitrogens with one attached hydrogen (secondary N) is 2. The van der Waals surface area contributed by atoms with Crippen LogP contribution in [0.4, 0.5) is 5.82 Å². The summed E-state index contributed by atoms with van der Waals surface area (Å²) in [5.41, 5.74) is 5.99. The van der Waals surface area contributed by atoms with Gasteiger partial charge in [0, 0.05) is 37.0 Å². The first kappa shape index (κ1) is 22.0. The van der Waals surface area contributed by atoms with Gasteiger partial charge in [-0.05, 0) is 55.3 Å². The van der Waals surface area contributed by atoms with Crippen molar-refractivity contribution in [2.75, 3.05) is 5.32 Å². The molecule has 2 aromatic carbocycles. The Hall–Kier alpha value is -4.26. The van der Waals surface area contributed by atoms with Gasteiger partial charge in [0.2, 0.25) is 5.91 Å². The van der Waals surface area contributed by atoms with Crippen molar-refractivity contribution in [1.82, 2.24) is 20.1 Å². The van der Waals surface area contributed by atoms with E-state index in [-0.39, 0.29) is 11.8 Å². The van der Waals surface area contributed by atoms with Crippen LogP contribution in [0.3, 0.4) is 0 Å². The molecule has 0 aliphatic heterocycles. The Balaban J connectivity index is 1.62. The van der Waals surface area contributed by atoms with E-state index in [0.29, 0.717) is 17.9 Å². The summed E-state index contributed by atoms with van der Waals surface area (Å²) in [6.07, 6.45) is 3.42. The van der Waals surface area contributed by atoms with Gasteiger partial charge in [0.15, 0.2) is 0 Å². The maximum absolute atomic E-state index is 12.5. The molecule has 4 rings (SSSR count). The highest BCUT2D eigenvalue weighted by Crippen LogP contribution is 2.33. The number of pyridine rings is 1. The number of hydrogen-bond donors (Lipinski definition) is 2. The van der Waals surface area contributed by atoms with Crippen LogP contribution in [-0.2, 0) is 11.3 Å². The molecule has 7 heteroatoms. The summed E-state index contributed by atoms with van der Waals surface area (Å²) >= 11 is 0. The minimum atomic E-state index is -0.184. The molecule has 0 aliphatic carbocycles. The van der Waals surface area contributed by atoms with Gasteiger partial charge >= 0.3 is 0 Å². The van der Waals surface area contributed by atoms with Gasteiger partial charge in [-0.2, -0.15) is 5.10 Å². The lowest BCUT2D eigenvalue weighted by atomic mass is 10.0. The average Bonchev–Trinajstić information content (AvgIpc) is 3.14. The number of carbonyl (C=O) groups is 2. The minimum absolute atomic E-state index is 0.176. The Kier molecular flexibility index (Phi) is 6.31. The van der Waals surface area contributed by atoms with E-state index >= 15 is 0 Å². The molecule has 0 spiro atoms. The Morgan fingerprint density at radius 3 is 2.33 bits per heavy atom. The number of aromatic nitrogens is 3. The number of anilines is 1. The number of benzene rings is 2. The Labute approximate surface area is 192 Å². The first-order chi connectivity index (χ1) is 15.9. The van der Waals surface area contributed by atoms with Crippen molar-refractivity contribution in [1.29, 1.82) is 0 Å². The third-order valence-corrected chi connectivity index (χ3v) is 5.25. The standard InChI is InChI=1S/C26H25N5O2/c1-17-6-8-21(9-7-17)24-18(2)30-31(25(24)29-19(3)32)23-12-10-22(11-13-23)26(33)28-16-20-5-4-14-27-15-20/h4-15H,16H2,1-3H3,(H,28,33)(H,29,32). The van der Waals surface area contributed by atoms with Crippen LogP contribution >= 0.6 is 0 Å². The number of nitrogens with zero attached hydrogens (tertiary/aromatic N) is 3. The van der Waals surface area contributed by atoms with Crippen LogP contribution < -0.4 is 10.6 Å². The molecule has 0 unspecified atom stereocenters. The second-order valence-corrected chi connectivity index (χ2v) is 7.86. The van der Waals surface area contributed by atoms with E-state index in [9.17, 15) is 9.59 Å². The van der Waals surface area contributed by atoms with E-state index in [1.54, 1.807) is 29.2 Å². The van der Waals surface area contributed by atoms with E-state index in [1.165, 1.54) is 6.92 Å². The van der Waals surface area contributed by atoms with Crippen LogP contribution in [0.15, 0.2) is 73.1 Å². The number of rotatable bonds is 6. The zero-order chi connectivity index (χ0) is 23.4. The minimum Gasteiger partial charge on any atom is -0.348 e. The topological polar surface area (TPSA) is 88.9 Å². The Morgan fingerprint density at radius 2 is 1.70 bits per heavy atom. The summed E-state index contributed by atoms with van der Waals surface area (Å²) < 4.78 is 1.70. The van der Waals surface area contributed by atoms with E-state index < -0.39 is 0 Å². The maximum Gasteiger partial charge on any atom is 0.251 e. The lowest BCUT2D eigenvalue weighted by molar-refractivity contribution is -0.114. The monoisotopic (exact) mass is 439 g/mol. The fourth-order valence-electron chi connectivity index (χ4n) is 3.60. The van der Waals surface area contributed by atoms with Gasteiger partial charge in [-0.25, -0.2) is 4.68 Å². The van der Waals surface area contributed by atoms with Crippen molar-refractivity contribution in [3.8, 4) is 16.8 Å². The summed E-state index contributed by atoms with van der Waals surface area (Å²) in [7, 11) is 0. The zero-order valence-corrected chi connectivity index (χ0v) is 18.8. The second kappa shape index (κ2) is 9.48. The van der Waals surface area contributed by atoms with Crippen LogP contribution in [0, 0.1) is 13.8 Å². The van der Waals surface area contributed by atoms with Gasteiger partial charge in [-0.3, -0.25) is 14.6 Å². The predicted octanol–water partition coefficient (Wildman–Crippen LogP) is 4.44. The van der Waals surface area contributed by atoms with Gasteiger partial charge < -0.3 is 10.6 Å². The molecule has 4 aromatic rings. The van der Waals surface area contributed by atoms with Gasteiger partial charge in [0.1, 0.15) is 5.82 Å². The van der Waals surface area contributed by atoms with Gasteiger partial charge in [-0.1, -0.05) is 35.9 Å². The van der Waals surface area contributed by atoms with E-state index in [2.05, 4.69) is 20.7 Å². The molecule has 2 amide bonds.